The molecule has 0 saturated carbocycles. The average molecular weight is 624 g/mol. The number of fused-ring (bicyclic) bond motifs is 1. The highest BCUT2D eigenvalue weighted by Crippen LogP contribution is 2.63. The van der Waals surface area contributed by atoms with Crippen molar-refractivity contribution >= 4 is 23.4 Å². The van der Waals surface area contributed by atoms with E-state index in [1.807, 2.05) is 49.9 Å². The third-order valence-corrected chi connectivity index (χ3v) is 9.97. The second-order valence-electron chi connectivity index (χ2n) is 13.0. The molecule has 3 saturated heterocycles. The van der Waals surface area contributed by atoms with E-state index in [0.29, 0.717) is 56.8 Å². The maximum absolute atomic E-state index is 14.6. The number of hydrogen-bond donors (Lipinski definition) is 1. The van der Waals surface area contributed by atoms with Gasteiger partial charge in [0.15, 0.2) is 0 Å². The van der Waals surface area contributed by atoms with Gasteiger partial charge in [0.05, 0.1) is 24.0 Å². The Balaban J connectivity index is 1.73. The lowest BCUT2D eigenvalue weighted by molar-refractivity contribution is -0.152. The first-order valence-corrected chi connectivity index (χ1v) is 16.8. The van der Waals surface area contributed by atoms with Gasteiger partial charge in [-0.2, -0.15) is 0 Å². The SMILES string of the molecule is C=CCN(C(=O)[C@H]1[C@H]2C(=O)N(CCCCCCO)C(C(=O)N(CC=C)C(C)CCC)C23CC[C@]1(C)O3)c1ccc(OCC)cc1. The molecule has 3 aliphatic heterocycles. The van der Waals surface area contributed by atoms with Crippen LogP contribution in [0.25, 0.3) is 0 Å². The van der Waals surface area contributed by atoms with E-state index in [2.05, 4.69) is 20.1 Å². The van der Waals surface area contributed by atoms with E-state index in [0.717, 1.165) is 25.7 Å². The molecule has 3 aliphatic rings. The van der Waals surface area contributed by atoms with Gasteiger partial charge in [-0.25, -0.2) is 0 Å². The fourth-order valence-corrected chi connectivity index (χ4v) is 7.93. The van der Waals surface area contributed by atoms with Crippen molar-refractivity contribution in [2.45, 2.75) is 102 Å². The minimum Gasteiger partial charge on any atom is -0.494 e. The molecule has 9 nitrogen and oxygen atoms in total. The summed E-state index contributed by atoms with van der Waals surface area (Å²) < 4.78 is 12.5. The molecule has 1 aromatic rings. The summed E-state index contributed by atoms with van der Waals surface area (Å²) in [5.74, 6) is -1.30. The number of ether oxygens (including phenoxy) is 2. The Kier molecular flexibility index (Phi) is 11.5. The standard InChI is InChI=1S/C36H53N3O6/c1-7-15-26(5)37(22-8-2)34(43)31-36-21-20-35(6,45-36)29(30(36)33(42)39(31)24-13-11-12-14-25-40)32(41)38(23-9-3)27-16-18-28(19-17-27)44-10-4/h8-9,16-19,26,29-31,40H,2-3,7,10-15,20-25H2,1,4-6H3/t26?,29-,30+,31?,35+,36?/m1/s1. The summed E-state index contributed by atoms with van der Waals surface area (Å²) in [5.41, 5.74) is -1.28. The first kappa shape index (κ1) is 34.7. The maximum Gasteiger partial charge on any atom is 0.248 e. The number of hydrogen-bond acceptors (Lipinski definition) is 6. The second kappa shape index (κ2) is 14.9. The highest BCUT2D eigenvalue weighted by Gasteiger charge is 2.78. The lowest BCUT2D eigenvalue weighted by Gasteiger charge is -2.39. The van der Waals surface area contributed by atoms with Gasteiger partial charge in [0.1, 0.15) is 17.4 Å². The molecule has 3 unspecified atom stereocenters. The number of anilines is 1. The average Bonchev–Trinajstić information content (AvgIpc) is 3.59. The highest BCUT2D eigenvalue weighted by molar-refractivity contribution is 6.03. The van der Waals surface area contributed by atoms with Crippen molar-refractivity contribution in [2.24, 2.45) is 11.8 Å². The molecule has 2 bridgehead atoms. The van der Waals surface area contributed by atoms with E-state index < -0.39 is 29.1 Å². The lowest BCUT2D eigenvalue weighted by atomic mass is 9.66. The van der Waals surface area contributed by atoms with Gasteiger partial charge in [0.2, 0.25) is 17.7 Å². The van der Waals surface area contributed by atoms with Crippen LogP contribution in [0.3, 0.4) is 0 Å². The number of nitrogens with zero attached hydrogens (tertiary/aromatic N) is 3. The normalized spacial score (nSPS) is 27.3. The summed E-state index contributed by atoms with van der Waals surface area (Å²) in [6.07, 6.45) is 9.37. The molecule has 0 radical (unpaired) electrons. The van der Waals surface area contributed by atoms with Crippen LogP contribution >= 0.6 is 0 Å². The Morgan fingerprint density at radius 2 is 1.78 bits per heavy atom. The quantitative estimate of drug-likeness (QED) is 0.180. The Morgan fingerprint density at radius 3 is 2.40 bits per heavy atom. The van der Waals surface area contributed by atoms with Gasteiger partial charge in [0.25, 0.3) is 0 Å². The minimum atomic E-state index is -1.08. The number of unbranched alkanes of at least 4 members (excludes halogenated alkanes) is 3. The van der Waals surface area contributed by atoms with Crippen LogP contribution in [0.15, 0.2) is 49.6 Å². The number of aliphatic hydroxyl groups is 1. The molecular formula is C36H53N3O6. The minimum absolute atomic E-state index is 0.0354. The van der Waals surface area contributed by atoms with E-state index in [-0.39, 0.29) is 36.9 Å². The molecule has 248 valence electrons. The van der Waals surface area contributed by atoms with E-state index in [4.69, 9.17) is 9.47 Å². The first-order chi connectivity index (χ1) is 21.6. The van der Waals surface area contributed by atoms with Gasteiger partial charge in [-0.15, -0.1) is 13.2 Å². The van der Waals surface area contributed by atoms with Crippen molar-refractivity contribution in [2.75, 3.05) is 37.7 Å². The molecule has 1 spiro atoms. The van der Waals surface area contributed by atoms with Gasteiger partial charge in [-0.1, -0.05) is 38.3 Å². The zero-order valence-electron chi connectivity index (χ0n) is 27.7. The predicted octanol–water partition coefficient (Wildman–Crippen LogP) is 5.12. The van der Waals surface area contributed by atoms with Crippen molar-refractivity contribution in [3.8, 4) is 5.75 Å². The molecule has 0 aliphatic carbocycles. The molecular weight excluding hydrogens is 570 g/mol. The third kappa shape index (κ3) is 6.57. The topological polar surface area (TPSA) is 99.6 Å². The summed E-state index contributed by atoms with van der Waals surface area (Å²) in [4.78, 5) is 49.1. The van der Waals surface area contributed by atoms with Crippen molar-refractivity contribution in [3.63, 3.8) is 0 Å². The number of carbonyl (C=O) groups is 3. The van der Waals surface area contributed by atoms with Gasteiger partial charge in [0, 0.05) is 38.0 Å². The van der Waals surface area contributed by atoms with E-state index in [1.165, 1.54) is 0 Å². The monoisotopic (exact) mass is 623 g/mol. The zero-order valence-corrected chi connectivity index (χ0v) is 27.7. The molecule has 3 fully saturated rings. The van der Waals surface area contributed by atoms with Crippen LogP contribution in [-0.4, -0.2) is 88.8 Å². The Hall–Kier alpha value is -3.17. The fourth-order valence-electron chi connectivity index (χ4n) is 7.93. The fraction of sp³-hybridized carbons (Fsp3) is 0.639. The Bertz CT molecular complexity index is 1220. The van der Waals surface area contributed by atoms with Gasteiger partial charge >= 0.3 is 0 Å². The second-order valence-corrected chi connectivity index (χ2v) is 13.0. The molecule has 3 amide bonds. The van der Waals surface area contributed by atoms with Crippen molar-refractivity contribution < 1.29 is 29.0 Å². The molecule has 1 aromatic carbocycles. The molecule has 1 N–H and O–H groups in total. The smallest absolute Gasteiger partial charge is 0.248 e. The van der Waals surface area contributed by atoms with Gasteiger partial charge in [-0.3, -0.25) is 14.4 Å². The lowest BCUT2D eigenvalue weighted by Crippen LogP contribution is -2.58. The van der Waals surface area contributed by atoms with Crippen LogP contribution < -0.4 is 9.64 Å². The van der Waals surface area contributed by atoms with Crippen LogP contribution in [0.2, 0.25) is 0 Å². The van der Waals surface area contributed by atoms with E-state index in [9.17, 15) is 19.5 Å². The van der Waals surface area contributed by atoms with Crippen molar-refractivity contribution in [1.82, 2.24) is 9.80 Å². The summed E-state index contributed by atoms with van der Waals surface area (Å²) in [6, 6.07) is 6.52. The molecule has 45 heavy (non-hydrogen) atoms. The third-order valence-electron chi connectivity index (χ3n) is 9.97. The largest absolute Gasteiger partial charge is 0.494 e. The number of likely N-dealkylation sites (tertiary alicyclic amines) is 1. The van der Waals surface area contributed by atoms with Crippen LogP contribution in [0.5, 0.6) is 5.75 Å². The number of benzene rings is 1. The first-order valence-electron chi connectivity index (χ1n) is 16.8. The Labute approximate surface area is 269 Å². The molecule has 0 aromatic heterocycles. The maximum atomic E-state index is 14.6. The van der Waals surface area contributed by atoms with Crippen LogP contribution in [0, 0.1) is 11.8 Å². The predicted molar refractivity (Wildman–Crippen MR) is 176 cm³/mol. The summed E-state index contributed by atoms with van der Waals surface area (Å²) in [7, 11) is 0. The number of carbonyl (C=O) groups excluding carboxylic acids is 3. The molecule has 9 heteroatoms. The highest BCUT2D eigenvalue weighted by atomic mass is 16.5. The van der Waals surface area contributed by atoms with Crippen LogP contribution in [-0.2, 0) is 19.1 Å². The van der Waals surface area contributed by atoms with Crippen molar-refractivity contribution in [1.29, 1.82) is 0 Å². The number of rotatable bonds is 18. The van der Waals surface area contributed by atoms with Gasteiger partial charge in [-0.05, 0) is 77.1 Å². The molecule has 3 heterocycles. The van der Waals surface area contributed by atoms with E-state index in [1.54, 1.807) is 22.0 Å². The van der Waals surface area contributed by atoms with Crippen molar-refractivity contribution in [3.05, 3.63) is 49.6 Å². The summed E-state index contributed by atoms with van der Waals surface area (Å²) in [6.45, 7) is 17.5. The summed E-state index contributed by atoms with van der Waals surface area (Å²) in [5, 5.41) is 9.24. The summed E-state index contributed by atoms with van der Waals surface area (Å²) >= 11 is 0. The number of aliphatic hydroxyl groups excluding tert-OH is 1. The van der Waals surface area contributed by atoms with E-state index >= 15 is 0 Å². The molecule has 6 atom stereocenters. The Morgan fingerprint density at radius 1 is 1.09 bits per heavy atom. The van der Waals surface area contributed by atoms with Crippen LogP contribution in [0.1, 0.15) is 79.1 Å². The van der Waals surface area contributed by atoms with Crippen LogP contribution in [0.4, 0.5) is 5.69 Å². The van der Waals surface area contributed by atoms with Gasteiger partial charge < -0.3 is 29.3 Å². The molecule has 4 rings (SSSR count). The number of amides is 3. The zero-order chi connectivity index (χ0) is 32.8.